The first-order valence-electron chi connectivity index (χ1n) is 11.8. The highest BCUT2D eigenvalue weighted by atomic mass is 16.6. The lowest BCUT2D eigenvalue weighted by Gasteiger charge is -2.27. The molecule has 0 amide bonds. The molecule has 0 radical (unpaired) electrons. The number of allylic oxidation sites excluding steroid dienone is 1. The number of hydrogen-bond acceptors (Lipinski definition) is 9. The van der Waals surface area contributed by atoms with Gasteiger partial charge in [0.25, 0.3) is 0 Å². The fraction of sp³-hybridized carbons (Fsp3) is 0.207. The van der Waals surface area contributed by atoms with E-state index in [0.717, 1.165) is 0 Å². The molecule has 0 spiro atoms. The second-order valence-electron chi connectivity index (χ2n) is 8.54. The lowest BCUT2D eigenvalue weighted by atomic mass is 9.84. The first-order chi connectivity index (χ1) is 18.4. The standard InChI is InChI=1S/C29H24O9/c1-33-21-10-8-16(12-23(21)34-2)13-24-28(32)18-9-11-22-27(29(18)38-24)19(14-25(30)37-22)17-6-4-5-7-20(17)36-15-26(31)35-3/h4-13,19H,14-15H2,1-3H3/b24-13-/t19-/m0/s1. The number of methoxy groups -OCH3 is 3. The molecule has 5 rings (SSSR count). The maximum Gasteiger partial charge on any atom is 0.343 e. The SMILES string of the molecule is COC(=O)COc1ccccc1[C@@H]1CC(=O)Oc2ccc3c(c21)O/C(=C\c1ccc(OC)c(OC)c1)C3=O. The van der Waals surface area contributed by atoms with Gasteiger partial charge in [0.1, 0.15) is 17.2 Å². The number of Topliss-reactive ketones (excluding diaryl/α,β-unsaturated/α-hetero) is 1. The van der Waals surface area contributed by atoms with Crippen LogP contribution in [0.5, 0.6) is 28.7 Å². The van der Waals surface area contributed by atoms with Crippen LogP contribution in [-0.4, -0.2) is 45.7 Å². The van der Waals surface area contributed by atoms with E-state index in [4.69, 9.17) is 23.7 Å². The van der Waals surface area contributed by atoms with Gasteiger partial charge in [-0.15, -0.1) is 0 Å². The zero-order chi connectivity index (χ0) is 26.8. The highest BCUT2D eigenvalue weighted by Gasteiger charge is 2.39. The molecule has 3 aromatic carbocycles. The van der Waals surface area contributed by atoms with Gasteiger partial charge in [0.05, 0.1) is 33.3 Å². The minimum Gasteiger partial charge on any atom is -0.493 e. The van der Waals surface area contributed by atoms with Crippen molar-refractivity contribution < 1.29 is 42.8 Å². The van der Waals surface area contributed by atoms with Crippen molar-refractivity contribution in [1.29, 1.82) is 0 Å². The second kappa shape index (κ2) is 10.3. The number of ketones is 1. The molecule has 0 aliphatic carbocycles. The minimum absolute atomic E-state index is 0.00563. The molecule has 0 saturated heterocycles. The van der Waals surface area contributed by atoms with E-state index in [1.54, 1.807) is 67.8 Å². The van der Waals surface area contributed by atoms with E-state index >= 15 is 0 Å². The topological polar surface area (TPSA) is 107 Å². The number of benzene rings is 3. The van der Waals surface area contributed by atoms with Gasteiger partial charge in [0.15, 0.2) is 23.9 Å². The Kier molecular flexibility index (Phi) is 6.74. The van der Waals surface area contributed by atoms with Crippen molar-refractivity contribution in [3.05, 3.63) is 82.6 Å². The Morgan fingerprint density at radius 2 is 1.74 bits per heavy atom. The van der Waals surface area contributed by atoms with Crippen LogP contribution in [0.25, 0.3) is 6.08 Å². The van der Waals surface area contributed by atoms with Gasteiger partial charge in [-0.3, -0.25) is 9.59 Å². The van der Waals surface area contributed by atoms with E-state index in [2.05, 4.69) is 4.74 Å². The summed E-state index contributed by atoms with van der Waals surface area (Å²) in [5.41, 5.74) is 2.24. The molecule has 38 heavy (non-hydrogen) atoms. The molecule has 2 aliphatic rings. The van der Waals surface area contributed by atoms with Crippen molar-refractivity contribution in [2.45, 2.75) is 12.3 Å². The fourth-order valence-corrected chi connectivity index (χ4v) is 4.56. The van der Waals surface area contributed by atoms with Gasteiger partial charge in [-0.2, -0.15) is 0 Å². The number of esters is 2. The molecule has 2 aliphatic heterocycles. The van der Waals surface area contributed by atoms with Gasteiger partial charge in [0, 0.05) is 17.0 Å². The van der Waals surface area contributed by atoms with Crippen LogP contribution in [0.1, 0.15) is 39.4 Å². The smallest absolute Gasteiger partial charge is 0.343 e. The number of rotatable bonds is 7. The third kappa shape index (κ3) is 4.54. The summed E-state index contributed by atoms with van der Waals surface area (Å²) in [6, 6.07) is 15.5. The number of ether oxygens (including phenoxy) is 6. The number of para-hydroxylation sites is 1. The first-order valence-corrected chi connectivity index (χ1v) is 11.8. The summed E-state index contributed by atoms with van der Waals surface area (Å²) in [4.78, 5) is 37.5. The molecular formula is C29H24O9. The molecule has 0 bridgehead atoms. The Bertz CT molecular complexity index is 1470. The number of hydrogen-bond donors (Lipinski definition) is 0. The average molecular weight is 517 g/mol. The van der Waals surface area contributed by atoms with Crippen molar-refractivity contribution in [3.63, 3.8) is 0 Å². The Hall–Kier alpha value is -4.79. The molecule has 3 aromatic rings. The lowest BCUT2D eigenvalue weighted by Crippen LogP contribution is -2.22. The summed E-state index contributed by atoms with van der Waals surface area (Å²) in [7, 11) is 4.35. The summed E-state index contributed by atoms with van der Waals surface area (Å²) >= 11 is 0. The van der Waals surface area contributed by atoms with E-state index in [9.17, 15) is 14.4 Å². The van der Waals surface area contributed by atoms with Crippen molar-refractivity contribution >= 4 is 23.8 Å². The Morgan fingerprint density at radius 3 is 2.50 bits per heavy atom. The molecule has 0 unspecified atom stereocenters. The quantitative estimate of drug-likeness (QED) is 0.258. The monoisotopic (exact) mass is 516 g/mol. The van der Waals surface area contributed by atoms with E-state index in [-0.39, 0.29) is 24.6 Å². The molecule has 0 saturated carbocycles. The van der Waals surface area contributed by atoms with Crippen LogP contribution >= 0.6 is 0 Å². The van der Waals surface area contributed by atoms with Gasteiger partial charge in [-0.1, -0.05) is 24.3 Å². The van der Waals surface area contributed by atoms with E-state index in [1.165, 1.54) is 14.2 Å². The van der Waals surface area contributed by atoms with Crippen LogP contribution < -0.4 is 23.7 Å². The van der Waals surface area contributed by atoms with Crippen LogP contribution in [0.3, 0.4) is 0 Å². The summed E-state index contributed by atoms with van der Waals surface area (Å²) < 4.78 is 32.7. The molecule has 9 heteroatoms. The summed E-state index contributed by atoms with van der Waals surface area (Å²) in [5.74, 6) is 0.400. The molecule has 9 nitrogen and oxygen atoms in total. The fourth-order valence-electron chi connectivity index (χ4n) is 4.56. The van der Waals surface area contributed by atoms with Gasteiger partial charge >= 0.3 is 11.9 Å². The minimum atomic E-state index is -0.539. The van der Waals surface area contributed by atoms with Crippen LogP contribution in [0, 0.1) is 0 Å². The van der Waals surface area contributed by atoms with Crippen molar-refractivity contribution in [2.75, 3.05) is 27.9 Å². The Balaban J connectivity index is 1.55. The van der Waals surface area contributed by atoms with E-state index < -0.39 is 17.9 Å². The van der Waals surface area contributed by atoms with Crippen LogP contribution in [0.15, 0.2) is 60.4 Å². The number of fused-ring (bicyclic) bond motifs is 3. The summed E-state index contributed by atoms with van der Waals surface area (Å²) in [6.45, 7) is -0.294. The second-order valence-corrected chi connectivity index (χ2v) is 8.54. The summed E-state index contributed by atoms with van der Waals surface area (Å²) in [6.07, 6.45) is 1.61. The Labute approximate surface area is 218 Å². The van der Waals surface area contributed by atoms with Gasteiger partial charge in [0.2, 0.25) is 5.78 Å². The zero-order valence-electron chi connectivity index (χ0n) is 20.9. The molecule has 0 aromatic heterocycles. The van der Waals surface area contributed by atoms with E-state index in [0.29, 0.717) is 51.0 Å². The summed E-state index contributed by atoms with van der Waals surface area (Å²) in [5, 5.41) is 0. The maximum absolute atomic E-state index is 13.3. The molecule has 0 N–H and O–H groups in total. The molecule has 194 valence electrons. The third-order valence-electron chi connectivity index (χ3n) is 6.35. The molecular weight excluding hydrogens is 492 g/mol. The molecule has 0 fully saturated rings. The number of carbonyl (C=O) groups is 3. The van der Waals surface area contributed by atoms with Crippen molar-refractivity contribution in [2.24, 2.45) is 0 Å². The number of carbonyl (C=O) groups excluding carboxylic acids is 3. The van der Waals surface area contributed by atoms with Crippen LogP contribution in [0.2, 0.25) is 0 Å². The van der Waals surface area contributed by atoms with Gasteiger partial charge < -0.3 is 28.4 Å². The predicted octanol–water partition coefficient (Wildman–Crippen LogP) is 4.31. The van der Waals surface area contributed by atoms with E-state index in [1.807, 2.05) is 0 Å². The average Bonchev–Trinajstić information content (AvgIpc) is 3.25. The highest BCUT2D eigenvalue weighted by Crippen LogP contribution is 2.50. The Morgan fingerprint density at radius 1 is 0.947 bits per heavy atom. The predicted molar refractivity (Wildman–Crippen MR) is 135 cm³/mol. The molecule has 2 heterocycles. The van der Waals surface area contributed by atoms with Gasteiger partial charge in [-0.25, -0.2) is 4.79 Å². The van der Waals surface area contributed by atoms with Crippen LogP contribution in [-0.2, 0) is 14.3 Å². The highest BCUT2D eigenvalue weighted by molar-refractivity contribution is 6.15. The first kappa shape index (κ1) is 24.9. The van der Waals surface area contributed by atoms with Gasteiger partial charge in [-0.05, 0) is 42.0 Å². The molecule has 1 atom stereocenters. The van der Waals surface area contributed by atoms with Crippen LogP contribution in [0.4, 0.5) is 0 Å². The largest absolute Gasteiger partial charge is 0.493 e. The lowest BCUT2D eigenvalue weighted by molar-refractivity contribution is -0.143. The van der Waals surface area contributed by atoms with Crippen molar-refractivity contribution in [3.8, 4) is 28.7 Å². The van der Waals surface area contributed by atoms with Crippen molar-refractivity contribution in [1.82, 2.24) is 0 Å². The zero-order valence-corrected chi connectivity index (χ0v) is 20.9. The third-order valence-corrected chi connectivity index (χ3v) is 6.35. The maximum atomic E-state index is 13.3. The normalized spacial score (nSPS) is 16.7.